The van der Waals surface area contributed by atoms with Crippen LogP contribution in [0.3, 0.4) is 0 Å². The zero-order valence-corrected chi connectivity index (χ0v) is 25.2. The fraction of sp³-hybridized carbons (Fsp3) is 0.353. The number of nitrogens with zero attached hydrogens (tertiary/aromatic N) is 1. The van der Waals surface area contributed by atoms with Crippen molar-refractivity contribution >= 4 is 33.2 Å². The Balaban J connectivity index is 1.17. The minimum absolute atomic E-state index is 0.170. The van der Waals surface area contributed by atoms with Crippen LogP contribution in [0.5, 0.6) is 11.5 Å². The molecular formula is C34H40N4O4S. The topological polar surface area (TPSA) is 120 Å². The molecule has 1 fully saturated rings. The summed E-state index contributed by atoms with van der Waals surface area (Å²) in [5.74, 6) is 0.700. The molecule has 2 amide bonds. The third-order valence-electron chi connectivity index (χ3n) is 7.64. The van der Waals surface area contributed by atoms with E-state index in [1.165, 1.54) is 52.0 Å². The summed E-state index contributed by atoms with van der Waals surface area (Å²) in [6.07, 6.45) is 3.87. The molecule has 5 rings (SSSR count). The van der Waals surface area contributed by atoms with Gasteiger partial charge in [0.15, 0.2) is 0 Å². The molecule has 226 valence electrons. The van der Waals surface area contributed by atoms with Gasteiger partial charge in [-0.15, -0.1) is 11.3 Å². The predicted octanol–water partition coefficient (Wildman–Crippen LogP) is 4.72. The van der Waals surface area contributed by atoms with E-state index < -0.39 is 11.9 Å². The van der Waals surface area contributed by atoms with Crippen LogP contribution in [0.15, 0.2) is 72.8 Å². The van der Waals surface area contributed by atoms with E-state index in [0.717, 1.165) is 36.6 Å². The Bertz CT molecular complexity index is 1500. The Morgan fingerprint density at radius 1 is 0.907 bits per heavy atom. The summed E-state index contributed by atoms with van der Waals surface area (Å²) in [6, 6.07) is 24.3. The molecule has 0 unspecified atom stereocenters. The van der Waals surface area contributed by atoms with Gasteiger partial charge in [-0.05, 0) is 103 Å². The molecule has 0 bridgehead atoms. The predicted molar refractivity (Wildman–Crippen MR) is 173 cm³/mol. The maximum Gasteiger partial charge on any atom is 0.237 e. The Morgan fingerprint density at radius 2 is 1.58 bits per heavy atom. The van der Waals surface area contributed by atoms with Gasteiger partial charge in [0.1, 0.15) is 18.1 Å². The number of hydrogen-bond donors (Lipinski definition) is 3. The van der Waals surface area contributed by atoms with Crippen molar-refractivity contribution in [2.24, 2.45) is 11.5 Å². The van der Waals surface area contributed by atoms with Gasteiger partial charge in [-0.3, -0.25) is 14.5 Å². The number of hydrogen-bond acceptors (Lipinski definition) is 7. The highest BCUT2D eigenvalue weighted by Gasteiger charge is 2.16. The van der Waals surface area contributed by atoms with Crippen LogP contribution in [0.1, 0.15) is 36.8 Å². The van der Waals surface area contributed by atoms with E-state index in [9.17, 15) is 9.59 Å². The first kappa shape index (κ1) is 30.5. The normalized spacial score (nSPS) is 14.1. The third kappa shape index (κ3) is 8.56. The first-order valence-corrected chi connectivity index (χ1v) is 15.8. The molecular weight excluding hydrogens is 560 g/mol. The van der Waals surface area contributed by atoms with Crippen LogP contribution in [0.25, 0.3) is 20.5 Å². The Morgan fingerprint density at radius 3 is 2.30 bits per heavy atom. The van der Waals surface area contributed by atoms with Gasteiger partial charge in [-0.2, -0.15) is 0 Å². The van der Waals surface area contributed by atoms with Crippen molar-refractivity contribution in [3.05, 3.63) is 83.9 Å². The average Bonchev–Trinajstić information content (AvgIpc) is 3.66. The zero-order valence-electron chi connectivity index (χ0n) is 24.4. The van der Waals surface area contributed by atoms with Crippen LogP contribution in [-0.4, -0.2) is 62.1 Å². The molecule has 5 N–H and O–H groups in total. The minimum atomic E-state index is -0.923. The molecule has 1 aliphatic rings. The number of thiophene rings is 1. The number of amides is 2. The molecule has 0 saturated carbocycles. The number of nitrogens with one attached hydrogen (secondary N) is 1. The Kier molecular flexibility index (Phi) is 10.7. The first-order valence-electron chi connectivity index (χ1n) is 15.0. The van der Waals surface area contributed by atoms with Gasteiger partial charge >= 0.3 is 0 Å². The van der Waals surface area contributed by atoms with Crippen LogP contribution in [-0.2, 0) is 16.0 Å². The van der Waals surface area contributed by atoms with E-state index >= 15 is 0 Å². The van der Waals surface area contributed by atoms with Gasteiger partial charge in [0, 0.05) is 22.7 Å². The smallest absolute Gasteiger partial charge is 0.237 e. The number of ether oxygens (including phenoxy) is 2. The van der Waals surface area contributed by atoms with Crippen LogP contribution in [0.4, 0.5) is 0 Å². The Hall–Kier alpha value is -3.92. The quantitative estimate of drug-likeness (QED) is 0.170. The number of nitrogens with two attached hydrogens (primary N) is 2. The summed E-state index contributed by atoms with van der Waals surface area (Å²) in [5, 5.41) is 3.99. The van der Waals surface area contributed by atoms with Gasteiger partial charge in [0.05, 0.1) is 19.1 Å². The van der Waals surface area contributed by atoms with Crippen molar-refractivity contribution in [3.8, 4) is 21.9 Å². The third-order valence-corrected chi connectivity index (χ3v) is 8.90. The van der Waals surface area contributed by atoms with Crippen molar-refractivity contribution in [1.29, 1.82) is 0 Å². The summed E-state index contributed by atoms with van der Waals surface area (Å²) >= 11 is 1.81. The molecule has 0 aliphatic carbocycles. The summed E-state index contributed by atoms with van der Waals surface area (Å²) < 4.78 is 13.2. The van der Waals surface area contributed by atoms with Gasteiger partial charge in [0.25, 0.3) is 0 Å². The molecule has 1 aromatic heterocycles. The lowest BCUT2D eigenvalue weighted by atomic mass is 9.99. The van der Waals surface area contributed by atoms with Crippen molar-refractivity contribution in [2.45, 2.75) is 38.1 Å². The summed E-state index contributed by atoms with van der Waals surface area (Å²) in [6.45, 7) is 4.93. The maximum atomic E-state index is 11.9. The SMILES string of the molecule is NC(=O)C[C@H](N)C(=O)NCCCOc1ccc(-c2sc3ccccc3c2Cc2ccc(OCCN3CCCC3)cc2)cc1. The Labute approximate surface area is 257 Å². The largest absolute Gasteiger partial charge is 0.494 e. The summed E-state index contributed by atoms with van der Waals surface area (Å²) in [4.78, 5) is 26.5. The van der Waals surface area contributed by atoms with E-state index in [2.05, 4.69) is 70.9 Å². The van der Waals surface area contributed by atoms with Crippen LogP contribution >= 0.6 is 11.3 Å². The van der Waals surface area contributed by atoms with Gasteiger partial charge in [-0.1, -0.05) is 30.3 Å². The second kappa shape index (κ2) is 15.0. The fourth-order valence-corrected chi connectivity index (χ4v) is 6.56. The van der Waals surface area contributed by atoms with Crippen molar-refractivity contribution in [2.75, 3.05) is 39.4 Å². The number of fused-ring (bicyclic) bond motifs is 1. The lowest BCUT2D eigenvalue weighted by Gasteiger charge is -2.15. The van der Waals surface area contributed by atoms with Gasteiger partial charge in [-0.25, -0.2) is 0 Å². The molecule has 1 saturated heterocycles. The standard InChI is InChI=1S/C34H40N4O4S/c35-30(23-32(36)39)34(40)37-16-5-20-41-27-14-10-25(11-15-27)33-29(28-6-1-2-7-31(28)43-33)22-24-8-12-26(13-9-24)42-21-19-38-17-3-4-18-38/h1-2,6-15,30H,3-5,16-23,35H2,(H2,36,39)(H,37,40)/t30-/m0/s1. The number of benzene rings is 3. The summed E-state index contributed by atoms with van der Waals surface area (Å²) in [7, 11) is 0. The number of carbonyl (C=O) groups excluding carboxylic acids is 2. The molecule has 9 heteroatoms. The highest BCUT2D eigenvalue weighted by molar-refractivity contribution is 7.22. The first-order chi connectivity index (χ1) is 21.0. The molecule has 1 aliphatic heterocycles. The number of primary amides is 1. The average molecular weight is 601 g/mol. The van der Waals surface area contributed by atoms with Crippen molar-refractivity contribution < 1.29 is 19.1 Å². The fourth-order valence-electron chi connectivity index (χ4n) is 5.33. The van der Waals surface area contributed by atoms with Gasteiger partial charge in [0.2, 0.25) is 11.8 Å². The van der Waals surface area contributed by atoms with E-state index in [4.69, 9.17) is 20.9 Å². The lowest BCUT2D eigenvalue weighted by Crippen LogP contribution is -2.43. The van der Waals surface area contributed by atoms with Crippen molar-refractivity contribution in [1.82, 2.24) is 10.2 Å². The minimum Gasteiger partial charge on any atom is -0.494 e. The molecule has 1 atom stereocenters. The van der Waals surface area contributed by atoms with E-state index in [1.54, 1.807) is 0 Å². The van der Waals surface area contributed by atoms with Crippen LogP contribution in [0.2, 0.25) is 0 Å². The lowest BCUT2D eigenvalue weighted by molar-refractivity contribution is -0.126. The maximum absolute atomic E-state index is 11.9. The summed E-state index contributed by atoms with van der Waals surface area (Å²) in [5.41, 5.74) is 14.5. The van der Waals surface area contributed by atoms with Crippen LogP contribution in [0, 0.1) is 0 Å². The van der Waals surface area contributed by atoms with Crippen LogP contribution < -0.4 is 26.3 Å². The van der Waals surface area contributed by atoms with Gasteiger partial charge < -0.3 is 26.3 Å². The monoisotopic (exact) mass is 600 g/mol. The van der Waals surface area contributed by atoms with E-state index in [0.29, 0.717) is 19.6 Å². The highest BCUT2D eigenvalue weighted by Crippen LogP contribution is 2.40. The molecule has 8 nitrogen and oxygen atoms in total. The van der Waals surface area contributed by atoms with E-state index in [-0.39, 0.29) is 12.3 Å². The molecule has 4 aromatic rings. The molecule has 3 aromatic carbocycles. The zero-order chi connectivity index (χ0) is 30.0. The highest BCUT2D eigenvalue weighted by atomic mass is 32.1. The number of rotatable bonds is 15. The number of likely N-dealkylation sites (tertiary alicyclic amines) is 1. The second-order valence-electron chi connectivity index (χ2n) is 10.9. The molecule has 0 spiro atoms. The molecule has 43 heavy (non-hydrogen) atoms. The van der Waals surface area contributed by atoms with E-state index in [1.807, 2.05) is 23.5 Å². The van der Waals surface area contributed by atoms with Crippen molar-refractivity contribution in [3.63, 3.8) is 0 Å². The molecule has 0 radical (unpaired) electrons. The second-order valence-corrected chi connectivity index (χ2v) is 12.0. The molecule has 2 heterocycles. The number of carbonyl (C=O) groups is 2.